The van der Waals surface area contributed by atoms with E-state index in [0.717, 1.165) is 24.2 Å². The lowest BCUT2D eigenvalue weighted by Gasteiger charge is -2.05. The molecule has 0 aliphatic rings. The van der Waals surface area contributed by atoms with Crippen LogP contribution >= 0.6 is 11.8 Å². The van der Waals surface area contributed by atoms with Gasteiger partial charge >= 0.3 is 0 Å². The molecule has 1 aromatic carbocycles. The standard InChI is InChI=1S/C14H21NO2S/c1-12-5-7-13(8-6-12)18-11-14(17)15-9-3-2-4-10-16/h5-8,16H,2-4,9-11H2,1H3,(H,15,17). The van der Waals surface area contributed by atoms with E-state index in [1.807, 2.05) is 19.1 Å². The summed E-state index contributed by atoms with van der Waals surface area (Å²) >= 11 is 1.55. The van der Waals surface area contributed by atoms with Gasteiger partial charge in [0.15, 0.2) is 0 Å². The quantitative estimate of drug-likeness (QED) is 0.561. The summed E-state index contributed by atoms with van der Waals surface area (Å²) in [6.45, 7) is 2.98. The number of carbonyl (C=O) groups is 1. The zero-order valence-corrected chi connectivity index (χ0v) is 11.6. The van der Waals surface area contributed by atoms with E-state index < -0.39 is 0 Å². The Morgan fingerprint density at radius 3 is 2.61 bits per heavy atom. The van der Waals surface area contributed by atoms with Crippen LogP contribution in [0.1, 0.15) is 24.8 Å². The Labute approximate surface area is 113 Å². The number of benzene rings is 1. The molecule has 0 aromatic heterocycles. The molecule has 0 heterocycles. The van der Waals surface area contributed by atoms with Crippen molar-refractivity contribution >= 4 is 17.7 Å². The van der Waals surface area contributed by atoms with Crippen LogP contribution in [0.4, 0.5) is 0 Å². The van der Waals surface area contributed by atoms with Gasteiger partial charge in [0, 0.05) is 18.0 Å². The van der Waals surface area contributed by atoms with E-state index in [1.54, 1.807) is 11.8 Å². The number of hydrogen-bond acceptors (Lipinski definition) is 3. The van der Waals surface area contributed by atoms with Gasteiger partial charge in [-0.2, -0.15) is 0 Å². The minimum absolute atomic E-state index is 0.0737. The van der Waals surface area contributed by atoms with Crippen molar-refractivity contribution in [2.75, 3.05) is 18.9 Å². The van der Waals surface area contributed by atoms with Gasteiger partial charge in [-0.3, -0.25) is 4.79 Å². The number of nitrogens with one attached hydrogen (secondary N) is 1. The normalized spacial score (nSPS) is 10.3. The third kappa shape index (κ3) is 6.67. The number of amides is 1. The molecule has 0 atom stereocenters. The number of thioether (sulfide) groups is 1. The molecule has 0 spiro atoms. The van der Waals surface area contributed by atoms with Crippen LogP contribution in [0.2, 0.25) is 0 Å². The highest BCUT2D eigenvalue weighted by Crippen LogP contribution is 2.17. The Kier molecular flexibility index (Phi) is 7.53. The molecule has 1 aromatic rings. The van der Waals surface area contributed by atoms with Crippen LogP contribution in [0.25, 0.3) is 0 Å². The fraction of sp³-hybridized carbons (Fsp3) is 0.500. The van der Waals surface area contributed by atoms with E-state index >= 15 is 0 Å². The molecule has 0 aliphatic carbocycles. The van der Waals surface area contributed by atoms with Crippen molar-refractivity contribution in [3.8, 4) is 0 Å². The minimum Gasteiger partial charge on any atom is -0.396 e. The zero-order chi connectivity index (χ0) is 13.2. The largest absolute Gasteiger partial charge is 0.396 e. The minimum atomic E-state index is 0.0737. The first-order valence-corrected chi connectivity index (χ1v) is 7.28. The maximum Gasteiger partial charge on any atom is 0.230 e. The van der Waals surface area contributed by atoms with Gasteiger partial charge in [0.25, 0.3) is 0 Å². The van der Waals surface area contributed by atoms with E-state index in [4.69, 9.17) is 5.11 Å². The summed E-state index contributed by atoms with van der Waals surface area (Å²) in [5.74, 6) is 0.535. The van der Waals surface area contributed by atoms with Crippen LogP contribution in [-0.4, -0.2) is 29.9 Å². The summed E-state index contributed by atoms with van der Waals surface area (Å²) < 4.78 is 0. The maximum absolute atomic E-state index is 11.5. The Morgan fingerprint density at radius 1 is 1.22 bits per heavy atom. The molecular formula is C14H21NO2S. The van der Waals surface area contributed by atoms with E-state index in [2.05, 4.69) is 17.4 Å². The molecule has 18 heavy (non-hydrogen) atoms. The summed E-state index contributed by atoms with van der Waals surface area (Å²) in [5.41, 5.74) is 1.23. The van der Waals surface area contributed by atoms with Crippen LogP contribution < -0.4 is 5.32 Å². The van der Waals surface area contributed by atoms with Gasteiger partial charge in [0.1, 0.15) is 0 Å². The van der Waals surface area contributed by atoms with Crippen molar-refractivity contribution in [2.45, 2.75) is 31.1 Å². The molecule has 0 bridgehead atoms. The lowest BCUT2D eigenvalue weighted by Crippen LogP contribution is -2.26. The Hall–Kier alpha value is -1.00. The topological polar surface area (TPSA) is 49.3 Å². The smallest absolute Gasteiger partial charge is 0.230 e. The van der Waals surface area contributed by atoms with Gasteiger partial charge in [-0.25, -0.2) is 0 Å². The number of unbranched alkanes of at least 4 members (excludes halogenated alkanes) is 2. The molecular weight excluding hydrogens is 246 g/mol. The number of aliphatic hydroxyl groups is 1. The lowest BCUT2D eigenvalue weighted by atomic mass is 10.2. The molecule has 0 saturated carbocycles. The number of rotatable bonds is 8. The van der Waals surface area contributed by atoms with Crippen molar-refractivity contribution in [2.24, 2.45) is 0 Å². The number of aryl methyl sites for hydroxylation is 1. The molecule has 4 heteroatoms. The summed E-state index contributed by atoms with van der Waals surface area (Å²) in [5, 5.41) is 11.5. The average Bonchev–Trinajstić information content (AvgIpc) is 2.38. The highest BCUT2D eigenvalue weighted by atomic mass is 32.2. The lowest BCUT2D eigenvalue weighted by molar-refractivity contribution is -0.118. The van der Waals surface area contributed by atoms with Crippen molar-refractivity contribution in [1.29, 1.82) is 0 Å². The van der Waals surface area contributed by atoms with Gasteiger partial charge in [0.2, 0.25) is 5.91 Å². The van der Waals surface area contributed by atoms with Crippen LogP contribution in [0.3, 0.4) is 0 Å². The summed E-state index contributed by atoms with van der Waals surface area (Å²) in [6, 6.07) is 8.17. The number of hydrogen-bond donors (Lipinski definition) is 2. The summed E-state index contributed by atoms with van der Waals surface area (Å²) in [7, 11) is 0. The first-order valence-electron chi connectivity index (χ1n) is 6.29. The van der Waals surface area contributed by atoms with Crippen molar-refractivity contribution < 1.29 is 9.90 Å². The molecule has 0 fully saturated rings. The number of aliphatic hydroxyl groups excluding tert-OH is 1. The maximum atomic E-state index is 11.5. The van der Waals surface area contributed by atoms with E-state index in [0.29, 0.717) is 12.3 Å². The average molecular weight is 267 g/mol. The van der Waals surface area contributed by atoms with E-state index in [1.165, 1.54) is 5.56 Å². The summed E-state index contributed by atoms with van der Waals surface area (Å²) in [4.78, 5) is 12.7. The fourth-order valence-corrected chi connectivity index (χ4v) is 2.20. The van der Waals surface area contributed by atoms with Crippen LogP contribution in [-0.2, 0) is 4.79 Å². The van der Waals surface area contributed by atoms with Crippen LogP contribution in [0, 0.1) is 6.92 Å². The molecule has 0 aliphatic heterocycles. The second-order valence-corrected chi connectivity index (χ2v) is 5.28. The number of carbonyl (C=O) groups excluding carboxylic acids is 1. The van der Waals surface area contributed by atoms with Gasteiger partial charge in [-0.05, 0) is 38.3 Å². The van der Waals surface area contributed by atoms with Gasteiger partial charge < -0.3 is 10.4 Å². The monoisotopic (exact) mass is 267 g/mol. The predicted octanol–water partition coefficient (Wildman–Crippen LogP) is 2.37. The van der Waals surface area contributed by atoms with Crippen LogP contribution in [0.15, 0.2) is 29.2 Å². The van der Waals surface area contributed by atoms with Gasteiger partial charge in [-0.1, -0.05) is 17.7 Å². The Bertz CT molecular complexity index is 351. The second kappa shape index (κ2) is 9.00. The molecule has 3 nitrogen and oxygen atoms in total. The van der Waals surface area contributed by atoms with Crippen molar-refractivity contribution in [1.82, 2.24) is 5.32 Å². The Balaban J connectivity index is 2.11. The van der Waals surface area contributed by atoms with Crippen LogP contribution in [0.5, 0.6) is 0 Å². The first-order chi connectivity index (χ1) is 8.72. The van der Waals surface area contributed by atoms with Crippen molar-refractivity contribution in [3.05, 3.63) is 29.8 Å². The molecule has 100 valence electrons. The second-order valence-electron chi connectivity index (χ2n) is 4.24. The molecule has 1 amide bonds. The summed E-state index contributed by atoms with van der Waals surface area (Å²) in [6.07, 6.45) is 2.71. The highest BCUT2D eigenvalue weighted by molar-refractivity contribution is 8.00. The molecule has 0 unspecified atom stereocenters. The molecule has 2 N–H and O–H groups in total. The SMILES string of the molecule is Cc1ccc(SCC(=O)NCCCCCO)cc1. The predicted molar refractivity (Wildman–Crippen MR) is 75.8 cm³/mol. The zero-order valence-electron chi connectivity index (χ0n) is 10.8. The van der Waals surface area contributed by atoms with Gasteiger partial charge in [0.05, 0.1) is 5.75 Å². The Morgan fingerprint density at radius 2 is 1.94 bits per heavy atom. The highest BCUT2D eigenvalue weighted by Gasteiger charge is 2.01. The fourth-order valence-electron chi connectivity index (χ4n) is 1.48. The third-order valence-electron chi connectivity index (χ3n) is 2.55. The third-order valence-corrected chi connectivity index (χ3v) is 3.56. The molecule has 1 rings (SSSR count). The van der Waals surface area contributed by atoms with E-state index in [-0.39, 0.29) is 12.5 Å². The van der Waals surface area contributed by atoms with Gasteiger partial charge in [-0.15, -0.1) is 11.8 Å². The molecule has 0 saturated heterocycles. The van der Waals surface area contributed by atoms with E-state index in [9.17, 15) is 4.79 Å². The van der Waals surface area contributed by atoms with Crippen molar-refractivity contribution in [3.63, 3.8) is 0 Å². The molecule has 0 radical (unpaired) electrons. The first kappa shape index (κ1) is 15.1.